The Morgan fingerprint density at radius 2 is 1.68 bits per heavy atom. The third-order valence-electron chi connectivity index (χ3n) is 8.80. The first-order valence-electron chi connectivity index (χ1n) is 14.4. The standard InChI is InChI=1S/C31H44O10/c1-10-15(2)11-24(35)41-30-28(31(9)14-37-31)27-22(13-23(34)26(27)19(6)39-21(8)33)17(4)29(30)40-25(36)12-16(3)18(5)38-20(7)32/h12,15,18-19,22,26-30H,4,10-11,13-14H2,1-3,5-9H3/b16-12+/t15-,18-,19-,22-,26-,27-,28-,29-,30+,31+/m0/s1. The van der Waals surface area contributed by atoms with Crippen molar-refractivity contribution in [3.63, 3.8) is 0 Å². The first kappa shape index (κ1) is 32.5. The molecule has 3 fully saturated rings. The van der Waals surface area contributed by atoms with E-state index in [1.165, 1.54) is 19.9 Å². The first-order chi connectivity index (χ1) is 19.1. The number of hydrogen-bond acceptors (Lipinski definition) is 10. The van der Waals surface area contributed by atoms with Gasteiger partial charge in [0.2, 0.25) is 0 Å². The number of hydrogen-bond donors (Lipinski definition) is 0. The highest BCUT2D eigenvalue weighted by Gasteiger charge is 2.66. The van der Waals surface area contributed by atoms with Gasteiger partial charge in [0.05, 0.1) is 18.1 Å². The van der Waals surface area contributed by atoms with Crippen molar-refractivity contribution in [2.45, 2.75) is 105 Å². The fourth-order valence-electron chi connectivity index (χ4n) is 6.32. The lowest BCUT2D eigenvalue weighted by Gasteiger charge is -2.48. The van der Waals surface area contributed by atoms with Crippen LogP contribution in [0.5, 0.6) is 0 Å². The molecule has 0 spiro atoms. The Hall–Kier alpha value is -3.01. The molecular formula is C31H44O10. The van der Waals surface area contributed by atoms with E-state index in [0.29, 0.717) is 17.8 Å². The minimum absolute atomic E-state index is 0.0763. The van der Waals surface area contributed by atoms with E-state index in [2.05, 4.69) is 6.58 Å². The van der Waals surface area contributed by atoms with E-state index < -0.39 is 77.6 Å². The number of fused-ring (bicyclic) bond motifs is 1. The van der Waals surface area contributed by atoms with E-state index in [0.717, 1.165) is 6.42 Å². The molecule has 10 heteroatoms. The molecule has 0 amide bonds. The number of ketones is 1. The van der Waals surface area contributed by atoms with Gasteiger partial charge in [-0.25, -0.2) is 4.79 Å². The molecule has 228 valence electrons. The van der Waals surface area contributed by atoms with Gasteiger partial charge in [-0.1, -0.05) is 26.8 Å². The number of esters is 4. The normalized spacial score (nSPS) is 33.2. The number of rotatable bonds is 11. The Bertz CT molecular complexity index is 1100. The Morgan fingerprint density at radius 1 is 1.07 bits per heavy atom. The minimum atomic E-state index is -1.04. The number of carbonyl (C=O) groups excluding carboxylic acids is 5. The zero-order chi connectivity index (χ0) is 30.8. The molecule has 10 nitrogen and oxygen atoms in total. The van der Waals surface area contributed by atoms with E-state index in [-0.39, 0.29) is 24.5 Å². The van der Waals surface area contributed by atoms with Crippen molar-refractivity contribution in [3.8, 4) is 0 Å². The molecular weight excluding hydrogens is 532 g/mol. The van der Waals surface area contributed by atoms with Gasteiger partial charge in [-0.3, -0.25) is 19.2 Å². The predicted octanol–water partition coefficient (Wildman–Crippen LogP) is 3.89. The van der Waals surface area contributed by atoms with Crippen molar-refractivity contribution < 1.29 is 47.7 Å². The van der Waals surface area contributed by atoms with Gasteiger partial charge in [-0.15, -0.1) is 0 Å². The first-order valence-corrected chi connectivity index (χ1v) is 14.4. The lowest BCUT2D eigenvalue weighted by atomic mass is 9.61. The van der Waals surface area contributed by atoms with Gasteiger partial charge in [0, 0.05) is 38.7 Å². The van der Waals surface area contributed by atoms with Gasteiger partial charge in [-0.05, 0) is 56.6 Å². The zero-order valence-corrected chi connectivity index (χ0v) is 25.4. The van der Waals surface area contributed by atoms with Crippen LogP contribution in [0, 0.1) is 29.6 Å². The fourth-order valence-corrected chi connectivity index (χ4v) is 6.32. The van der Waals surface area contributed by atoms with Gasteiger partial charge < -0.3 is 23.7 Å². The fraction of sp³-hybridized carbons (Fsp3) is 0.710. The summed E-state index contributed by atoms with van der Waals surface area (Å²) >= 11 is 0. The van der Waals surface area contributed by atoms with Gasteiger partial charge in [0.1, 0.15) is 24.1 Å². The molecule has 0 unspecified atom stereocenters. The van der Waals surface area contributed by atoms with Crippen molar-refractivity contribution in [2.75, 3.05) is 6.61 Å². The molecule has 2 saturated carbocycles. The quantitative estimate of drug-likeness (QED) is 0.117. The Kier molecular flexibility index (Phi) is 10.2. The highest BCUT2D eigenvalue weighted by atomic mass is 16.6. The van der Waals surface area contributed by atoms with Crippen LogP contribution in [0.3, 0.4) is 0 Å². The van der Waals surface area contributed by atoms with E-state index in [4.69, 9.17) is 23.7 Å². The van der Waals surface area contributed by atoms with E-state index >= 15 is 0 Å². The SMILES string of the molecule is C=C1[C@@H]2CC(=O)[C@H]([C@H](C)OC(C)=O)[C@H]2[C@H]([C@@]2(C)CO2)[C@@H](OC(=O)C[C@@H](C)CC)[C@H]1OC(=O)/C=C(\C)[C@H](C)OC(C)=O. The van der Waals surface area contributed by atoms with Crippen LogP contribution in [0.25, 0.3) is 0 Å². The van der Waals surface area contributed by atoms with Crippen LogP contribution in [0.2, 0.25) is 0 Å². The van der Waals surface area contributed by atoms with E-state index in [1.54, 1.807) is 20.8 Å². The number of epoxide rings is 1. The summed E-state index contributed by atoms with van der Waals surface area (Å²) in [7, 11) is 0. The summed E-state index contributed by atoms with van der Waals surface area (Å²) in [5.41, 5.74) is 0.189. The van der Waals surface area contributed by atoms with Gasteiger partial charge in [-0.2, -0.15) is 0 Å². The monoisotopic (exact) mass is 576 g/mol. The zero-order valence-electron chi connectivity index (χ0n) is 25.4. The van der Waals surface area contributed by atoms with E-state index in [9.17, 15) is 24.0 Å². The number of Topliss-reactive ketones (excluding diaryl/α,β-unsaturated/α-hetero) is 1. The molecule has 41 heavy (non-hydrogen) atoms. The van der Waals surface area contributed by atoms with Gasteiger partial charge >= 0.3 is 23.9 Å². The predicted molar refractivity (Wildman–Crippen MR) is 147 cm³/mol. The van der Waals surface area contributed by atoms with Gasteiger partial charge in [0.25, 0.3) is 0 Å². The highest BCUT2D eigenvalue weighted by Crippen LogP contribution is 2.58. The number of ether oxygens (including phenoxy) is 5. The van der Waals surface area contributed by atoms with Crippen molar-refractivity contribution in [1.82, 2.24) is 0 Å². The summed E-state index contributed by atoms with van der Waals surface area (Å²) in [6.45, 7) is 18.0. The average molecular weight is 577 g/mol. The second-order valence-corrected chi connectivity index (χ2v) is 12.1. The Morgan fingerprint density at radius 3 is 2.22 bits per heavy atom. The third kappa shape index (κ3) is 7.45. The van der Waals surface area contributed by atoms with Crippen molar-refractivity contribution in [3.05, 3.63) is 23.8 Å². The molecule has 1 saturated heterocycles. The van der Waals surface area contributed by atoms with E-state index in [1.807, 2.05) is 20.8 Å². The summed E-state index contributed by atoms with van der Waals surface area (Å²) in [5.74, 6) is -4.16. The molecule has 0 aromatic carbocycles. The van der Waals surface area contributed by atoms with Gasteiger partial charge in [0.15, 0.2) is 6.10 Å². The minimum Gasteiger partial charge on any atom is -0.462 e. The van der Waals surface area contributed by atoms with Crippen LogP contribution in [-0.2, 0) is 47.7 Å². The molecule has 1 aliphatic heterocycles. The smallest absolute Gasteiger partial charge is 0.331 e. The van der Waals surface area contributed by atoms with Crippen molar-refractivity contribution >= 4 is 29.7 Å². The summed E-state index contributed by atoms with van der Waals surface area (Å²) in [4.78, 5) is 62.9. The lowest BCUT2D eigenvalue weighted by Crippen LogP contribution is -2.57. The lowest BCUT2D eigenvalue weighted by molar-refractivity contribution is -0.181. The summed E-state index contributed by atoms with van der Waals surface area (Å²) in [6, 6.07) is 0. The molecule has 3 aliphatic rings. The maximum Gasteiger partial charge on any atom is 0.331 e. The third-order valence-corrected chi connectivity index (χ3v) is 8.80. The van der Waals surface area contributed by atoms with Crippen LogP contribution in [-0.4, -0.2) is 66.3 Å². The Balaban J connectivity index is 2.02. The summed E-state index contributed by atoms with van der Waals surface area (Å²) in [5, 5.41) is 0. The topological polar surface area (TPSA) is 135 Å². The van der Waals surface area contributed by atoms with Crippen LogP contribution >= 0.6 is 0 Å². The van der Waals surface area contributed by atoms with Crippen LogP contribution in [0.15, 0.2) is 23.8 Å². The average Bonchev–Trinajstić information content (AvgIpc) is 3.50. The molecule has 10 atom stereocenters. The molecule has 1 heterocycles. The van der Waals surface area contributed by atoms with Crippen LogP contribution < -0.4 is 0 Å². The molecule has 0 radical (unpaired) electrons. The second-order valence-electron chi connectivity index (χ2n) is 12.1. The highest BCUT2D eigenvalue weighted by molar-refractivity contribution is 5.86. The molecule has 2 aliphatic carbocycles. The Labute approximate surface area is 242 Å². The van der Waals surface area contributed by atoms with Crippen LogP contribution in [0.4, 0.5) is 0 Å². The second kappa shape index (κ2) is 12.9. The number of carbonyl (C=O) groups is 5. The van der Waals surface area contributed by atoms with Crippen LogP contribution in [0.1, 0.15) is 74.7 Å². The summed E-state index contributed by atoms with van der Waals surface area (Å²) < 4.78 is 28.6. The van der Waals surface area contributed by atoms with Crippen molar-refractivity contribution in [2.24, 2.45) is 29.6 Å². The molecule has 0 bridgehead atoms. The summed E-state index contributed by atoms with van der Waals surface area (Å²) in [6.07, 6.45) is -1.06. The largest absolute Gasteiger partial charge is 0.462 e. The molecule has 0 aromatic rings. The molecule has 3 rings (SSSR count). The van der Waals surface area contributed by atoms with Crippen molar-refractivity contribution in [1.29, 1.82) is 0 Å². The maximum absolute atomic E-state index is 13.4. The molecule has 0 N–H and O–H groups in total. The maximum atomic E-state index is 13.4. The molecule has 0 aromatic heterocycles.